The number of nitrogens with zero attached hydrogens (tertiary/aromatic N) is 3. The largest absolute Gasteiger partial charge is 0.370 e. The topological polar surface area (TPSA) is 68.2 Å². The molecule has 1 heterocycles. The molecule has 1 aromatic heterocycles. The van der Waals surface area contributed by atoms with Crippen molar-refractivity contribution in [1.29, 1.82) is 0 Å². The molecular formula is C15H23N5. The smallest absolute Gasteiger partial charge is 0.188 e. The van der Waals surface area contributed by atoms with Crippen LogP contribution in [0.5, 0.6) is 0 Å². The van der Waals surface area contributed by atoms with Gasteiger partial charge in [0, 0.05) is 18.6 Å². The van der Waals surface area contributed by atoms with E-state index in [0.717, 1.165) is 24.0 Å². The Kier molecular flexibility index (Phi) is 4.27. The highest BCUT2D eigenvalue weighted by atomic mass is 15.1. The highest BCUT2D eigenvalue weighted by Gasteiger charge is 2.09. The first-order chi connectivity index (χ1) is 9.46. The molecule has 2 aromatic rings. The summed E-state index contributed by atoms with van der Waals surface area (Å²) in [5, 5.41) is 3.15. The number of fused-ring (bicyclic) bond motifs is 1. The van der Waals surface area contributed by atoms with E-state index in [1.807, 2.05) is 24.5 Å². The van der Waals surface area contributed by atoms with E-state index in [0.29, 0.717) is 12.5 Å². The van der Waals surface area contributed by atoms with Crippen molar-refractivity contribution >= 4 is 17.0 Å². The first kappa shape index (κ1) is 14.4. The standard InChI is InChI=1S/C15H23N5/c1-15(2,3)19-14(16)17-9-6-10-20-11-18-12-7-4-5-8-13(12)20/h4-5,7-8,11H,6,9-10H2,1-3H3,(H3,16,17,19). The van der Waals surface area contributed by atoms with E-state index in [1.165, 1.54) is 0 Å². The van der Waals surface area contributed by atoms with Gasteiger partial charge in [0.05, 0.1) is 17.4 Å². The van der Waals surface area contributed by atoms with Crippen molar-refractivity contribution < 1.29 is 0 Å². The fourth-order valence-corrected chi connectivity index (χ4v) is 2.05. The number of nitrogens with two attached hydrogens (primary N) is 1. The molecule has 0 aliphatic rings. The van der Waals surface area contributed by atoms with E-state index in [1.54, 1.807) is 0 Å². The Morgan fingerprint density at radius 2 is 2.10 bits per heavy atom. The summed E-state index contributed by atoms with van der Waals surface area (Å²) in [5.41, 5.74) is 7.98. The van der Waals surface area contributed by atoms with E-state index < -0.39 is 0 Å². The monoisotopic (exact) mass is 273 g/mol. The molecule has 20 heavy (non-hydrogen) atoms. The molecule has 0 radical (unpaired) electrons. The lowest BCUT2D eigenvalue weighted by atomic mass is 10.1. The maximum atomic E-state index is 5.83. The van der Waals surface area contributed by atoms with Gasteiger partial charge in [0.15, 0.2) is 5.96 Å². The van der Waals surface area contributed by atoms with Gasteiger partial charge in [-0.15, -0.1) is 0 Å². The SMILES string of the molecule is CC(C)(C)NC(N)=NCCCn1cnc2ccccc21. The molecule has 0 unspecified atom stereocenters. The summed E-state index contributed by atoms with van der Waals surface area (Å²) < 4.78 is 2.15. The molecule has 0 saturated carbocycles. The minimum atomic E-state index is -0.0475. The molecule has 0 fully saturated rings. The number of aryl methyl sites for hydroxylation is 1. The van der Waals surface area contributed by atoms with Gasteiger partial charge in [-0.3, -0.25) is 4.99 Å². The van der Waals surface area contributed by atoms with Gasteiger partial charge in [-0.1, -0.05) is 12.1 Å². The molecule has 0 amide bonds. The number of aromatic nitrogens is 2. The second-order valence-corrected chi connectivity index (χ2v) is 5.92. The van der Waals surface area contributed by atoms with Crippen molar-refractivity contribution in [3.63, 3.8) is 0 Å². The summed E-state index contributed by atoms with van der Waals surface area (Å²) in [6, 6.07) is 8.14. The highest BCUT2D eigenvalue weighted by molar-refractivity contribution is 5.78. The maximum Gasteiger partial charge on any atom is 0.188 e. The van der Waals surface area contributed by atoms with Gasteiger partial charge in [0.25, 0.3) is 0 Å². The van der Waals surface area contributed by atoms with Gasteiger partial charge in [0.1, 0.15) is 0 Å². The van der Waals surface area contributed by atoms with Crippen molar-refractivity contribution in [2.45, 2.75) is 39.3 Å². The average molecular weight is 273 g/mol. The quantitative estimate of drug-likeness (QED) is 0.509. The Balaban J connectivity index is 1.86. The molecule has 0 atom stereocenters. The van der Waals surface area contributed by atoms with E-state index in [9.17, 15) is 0 Å². The van der Waals surface area contributed by atoms with Gasteiger partial charge in [-0.25, -0.2) is 4.98 Å². The Morgan fingerprint density at radius 3 is 2.85 bits per heavy atom. The summed E-state index contributed by atoms with van der Waals surface area (Å²) in [4.78, 5) is 8.71. The second-order valence-electron chi connectivity index (χ2n) is 5.92. The first-order valence-corrected chi connectivity index (χ1v) is 6.94. The molecule has 3 N–H and O–H groups in total. The number of hydrogen-bond donors (Lipinski definition) is 2. The summed E-state index contributed by atoms with van der Waals surface area (Å²) in [6.07, 6.45) is 2.82. The third-order valence-electron chi connectivity index (χ3n) is 2.87. The highest BCUT2D eigenvalue weighted by Crippen LogP contribution is 2.11. The molecule has 5 heteroatoms. The van der Waals surface area contributed by atoms with Crippen molar-refractivity contribution in [2.75, 3.05) is 6.54 Å². The van der Waals surface area contributed by atoms with Crippen molar-refractivity contribution in [3.8, 4) is 0 Å². The predicted molar refractivity (Wildman–Crippen MR) is 83.7 cm³/mol. The molecule has 0 bridgehead atoms. The number of aliphatic imine (C=N–C) groups is 1. The number of imidazole rings is 1. The van der Waals surface area contributed by atoms with Gasteiger partial charge >= 0.3 is 0 Å². The Labute approximate surface area is 119 Å². The van der Waals surface area contributed by atoms with Gasteiger partial charge in [-0.05, 0) is 39.3 Å². The Hall–Kier alpha value is -2.04. The number of rotatable bonds is 4. The fourth-order valence-electron chi connectivity index (χ4n) is 2.05. The van der Waals surface area contributed by atoms with Gasteiger partial charge in [0.2, 0.25) is 0 Å². The summed E-state index contributed by atoms with van der Waals surface area (Å²) >= 11 is 0. The Morgan fingerprint density at radius 1 is 1.35 bits per heavy atom. The predicted octanol–water partition coefficient (Wildman–Crippen LogP) is 2.13. The zero-order valence-electron chi connectivity index (χ0n) is 12.4. The number of hydrogen-bond acceptors (Lipinski definition) is 2. The number of nitrogens with one attached hydrogen (secondary N) is 1. The lowest BCUT2D eigenvalue weighted by molar-refractivity contribution is 0.507. The van der Waals surface area contributed by atoms with Gasteiger partial charge in [-0.2, -0.15) is 0 Å². The molecule has 0 spiro atoms. The van der Waals surface area contributed by atoms with Crippen LogP contribution >= 0.6 is 0 Å². The van der Waals surface area contributed by atoms with E-state index in [4.69, 9.17) is 5.73 Å². The normalized spacial score (nSPS) is 12.8. The molecule has 5 nitrogen and oxygen atoms in total. The molecule has 0 aliphatic carbocycles. The van der Waals surface area contributed by atoms with Crippen molar-refractivity contribution in [2.24, 2.45) is 10.7 Å². The zero-order valence-corrected chi connectivity index (χ0v) is 12.4. The van der Waals surface area contributed by atoms with Crippen LogP contribution in [-0.2, 0) is 6.54 Å². The third-order valence-corrected chi connectivity index (χ3v) is 2.87. The third kappa shape index (κ3) is 3.98. The first-order valence-electron chi connectivity index (χ1n) is 6.94. The molecule has 108 valence electrons. The van der Waals surface area contributed by atoms with Crippen molar-refractivity contribution in [1.82, 2.24) is 14.9 Å². The minimum Gasteiger partial charge on any atom is -0.370 e. The van der Waals surface area contributed by atoms with Crippen molar-refractivity contribution in [3.05, 3.63) is 30.6 Å². The van der Waals surface area contributed by atoms with E-state index in [-0.39, 0.29) is 5.54 Å². The van der Waals surface area contributed by atoms with Crippen LogP contribution in [0.4, 0.5) is 0 Å². The van der Waals surface area contributed by atoms with Crippen LogP contribution in [-0.4, -0.2) is 27.6 Å². The fraction of sp³-hybridized carbons (Fsp3) is 0.467. The zero-order chi connectivity index (χ0) is 14.6. The number of guanidine groups is 1. The number of benzene rings is 1. The summed E-state index contributed by atoms with van der Waals surface area (Å²) in [5.74, 6) is 0.507. The van der Waals surface area contributed by atoms with E-state index >= 15 is 0 Å². The average Bonchev–Trinajstić information content (AvgIpc) is 2.76. The van der Waals surface area contributed by atoms with Crippen LogP contribution in [0.25, 0.3) is 11.0 Å². The van der Waals surface area contributed by atoms with E-state index in [2.05, 4.69) is 46.7 Å². The van der Waals surface area contributed by atoms with Crippen LogP contribution in [0.1, 0.15) is 27.2 Å². The maximum absolute atomic E-state index is 5.83. The summed E-state index contributed by atoms with van der Waals surface area (Å²) in [6.45, 7) is 7.79. The Bertz CT molecular complexity index is 592. The molecule has 2 rings (SSSR count). The van der Waals surface area contributed by atoms with Crippen LogP contribution in [0.3, 0.4) is 0 Å². The second kappa shape index (κ2) is 5.94. The molecular weight excluding hydrogens is 250 g/mol. The number of para-hydroxylation sites is 2. The summed E-state index contributed by atoms with van der Waals surface area (Å²) in [7, 11) is 0. The lowest BCUT2D eigenvalue weighted by Gasteiger charge is -2.20. The molecule has 0 saturated heterocycles. The minimum absolute atomic E-state index is 0.0475. The van der Waals surface area contributed by atoms with Crippen LogP contribution in [0, 0.1) is 0 Å². The van der Waals surface area contributed by atoms with Crippen LogP contribution < -0.4 is 11.1 Å². The molecule has 1 aromatic carbocycles. The lowest BCUT2D eigenvalue weighted by Crippen LogP contribution is -2.45. The molecule has 0 aliphatic heterocycles. The van der Waals surface area contributed by atoms with Gasteiger partial charge < -0.3 is 15.6 Å². The van der Waals surface area contributed by atoms with Crippen LogP contribution in [0.2, 0.25) is 0 Å². The van der Waals surface area contributed by atoms with Crippen LogP contribution in [0.15, 0.2) is 35.6 Å².